The van der Waals surface area contributed by atoms with E-state index in [0.29, 0.717) is 0 Å². The first kappa shape index (κ1) is 20.0. The zero-order chi connectivity index (χ0) is 18.9. The molecule has 0 bridgehead atoms. The smallest absolute Gasteiger partial charge is 0.194 e. The Bertz CT molecular complexity index is 557. The van der Waals surface area contributed by atoms with Crippen LogP contribution in [0.25, 0.3) is 0 Å². The fraction of sp³-hybridized carbons (Fsp3) is 0.682. The molecule has 2 fully saturated rings. The Morgan fingerprint density at radius 2 is 1.70 bits per heavy atom. The topological polar surface area (TPSA) is 34.1 Å². The molecule has 2 heterocycles. The molecule has 150 valence electrons. The number of benzene rings is 1. The molecule has 2 aliphatic rings. The summed E-state index contributed by atoms with van der Waals surface area (Å²) in [6.45, 7) is 14.3. The number of para-hydroxylation sites is 1. The molecule has 0 aromatic heterocycles. The molecule has 0 radical (unpaired) electrons. The predicted octanol–water partition coefficient (Wildman–Crippen LogP) is 2.90. The molecular formula is C22H37N5. The molecule has 27 heavy (non-hydrogen) atoms. The largest absolute Gasteiger partial charge is 0.368 e. The molecule has 5 heteroatoms. The molecule has 2 saturated heterocycles. The summed E-state index contributed by atoms with van der Waals surface area (Å²) in [6, 6.07) is 10.7. The Morgan fingerprint density at radius 3 is 2.33 bits per heavy atom. The second kappa shape index (κ2) is 10.5. The van der Waals surface area contributed by atoms with Gasteiger partial charge in [0.2, 0.25) is 0 Å². The molecule has 1 aromatic carbocycles. The standard InChI is InChI=1S/C22H37N5/c1-3-23-22(24-13-10-20-11-14-25(4-2)15-12-20)27-18-16-26(17-19-27)21-8-6-5-7-9-21/h5-9,20H,3-4,10-19H2,1-2H3,(H,23,24). The van der Waals surface area contributed by atoms with Gasteiger partial charge in [0.1, 0.15) is 0 Å². The molecule has 3 rings (SSSR count). The Hall–Kier alpha value is -1.75. The monoisotopic (exact) mass is 371 g/mol. The first-order valence-electron chi connectivity index (χ1n) is 10.9. The third-order valence-electron chi connectivity index (χ3n) is 5.99. The predicted molar refractivity (Wildman–Crippen MR) is 116 cm³/mol. The fourth-order valence-corrected chi connectivity index (χ4v) is 4.19. The lowest BCUT2D eigenvalue weighted by Crippen LogP contribution is -2.52. The molecule has 0 aliphatic carbocycles. The van der Waals surface area contributed by atoms with Crippen molar-refractivity contribution in [2.75, 3.05) is 63.8 Å². The maximum Gasteiger partial charge on any atom is 0.194 e. The normalized spacial score (nSPS) is 20.1. The summed E-state index contributed by atoms with van der Waals surface area (Å²) >= 11 is 0. The Kier molecular flexibility index (Phi) is 7.81. The Balaban J connectivity index is 1.46. The lowest BCUT2D eigenvalue weighted by Gasteiger charge is -2.37. The van der Waals surface area contributed by atoms with E-state index in [1.165, 1.54) is 44.6 Å². The Labute approximate surface area is 165 Å². The van der Waals surface area contributed by atoms with Crippen molar-refractivity contribution in [3.63, 3.8) is 0 Å². The van der Waals surface area contributed by atoms with Gasteiger partial charge >= 0.3 is 0 Å². The van der Waals surface area contributed by atoms with Crippen molar-refractivity contribution in [2.24, 2.45) is 10.9 Å². The van der Waals surface area contributed by atoms with Crippen molar-refractivity contribution in [2.45, 2.75) is 33.1 Å². The molecule has 2 aliphatic heterocycles. The molecule has 0 atom stereocenters. The van der Waals surface area contributed by atoms with Crippen molar-refractivity contribution in [3.8, 4) is 0 Å². The number of nitrogens with zero attached hydrogens (tertiary/aromatic N) is 4. The van der Waals surface area contributed by atoms with Gasteiger partial charge in [0.15, 0.2) is 5.96 Å². The van der Waals surface area contributed by atoms with Gasteiger partial charge in [0.25, 0.3) is 0 Å². The van der Waals surface area contributed by atoms with E-state index in [9.17, 15) is 0 Å². The molecule has 0 unspecified atom stereocenters. The lowest BCUT2D eigenvalue weighted by molar-refractivity contribution is 0.188. The van der Waals surface area contributed by atoms with Gasteiger partial charge in [-0.05, 0) is 63.9 Å². The van der Waals surface area contributed by atoms with Gasteiger partial charge in [-0.25, -0.2) is 0 Å². The average Bonchev–Trinajstić information content (AvgIpc) is 2.74. The zero-order valence-electron chi connectivity index (χ0n) is 17.2. The van der Waals surface area contributed by atoms with Gasteiger partial charge in [-0.1, -0.05) is 25.1 Å². The Morgan fingerprint density at radius 1 is 1.00 bits per heavy atom. The maximum absolute atomic E-state index is 4.97. The number of aliphatic imine (C=N–C) groups is 1. The number of piperidine rings is 1. The number of rotatable bonds is 6. The third kappa shape index (κ3) is 5.86. The average molecular weight is 372 g/mol. The fourth-order valence-electron chi connectivity index (χ4n) is 4.19. The van der Waals surface area contributed by atoms with Crippen molar-refractivity contribution < 1.29 is 0 Å². The van der Waals surface area contributed by atoms with Crippen LogP contribution in [0.15, 0.2) is 35.3 Å². The molecule has 1 N–H and O–H groups in total. The summed E-state index contributed by atoms with van der Waals surface area (Å²) < 4.78 is 0. The van der Waals surface area contributed by atoms with E-state index in [4.69, 9.17) is 4.99 Å². The summed E-state index contributed by atoms with van der Waals surface area (Å²) in [7, 11) is 0. The number of likely N-dealkylation sites (tertiary alicyclic amines) is 1. The van der Waals surface area contributed by atoms with E-state index in [2.05, 4.69) is 64.2 Å². The van der Waals surface area contributed by atoms with Crippen LogP contribution >= 0.6 is 0 Å². The first-order chi connectivity index (χ1) is 13.3. The lowest BCUT2D eigenvalue weighted by atomic mass is 9.94. The second-order valence-electron chi connectivity index (χ2n) is 7.71. The zero-order valence-corrected chi connectivity index (χ0v) is 17.2. The SMILES string of the molecule is CCNC(=NCCC1CCN(CC)CC1)N1CCN(c2ccccc2)CC1. The number of nitrogens with one attached hydrogen (secondary N) is 1. The number of piperazine rings is 1. The highest BCUT2D eigenvalue weighted by Crippen LogP contribution is 2.20. The number of hydrogen-bond acceptors (Lipinski definition) is 3. The molecule has 1 aromatic rings. The maximum atomic E-state index is 4.97. The summed E-state index contributed by atoms with van der Waals surface area (Å²) in [6.07, 6.45) is 3.92. The van der Waals surface area contributed by atoms with Crippen LogP contribution in [0.5, 0.6) is 0 Å². The van der Waals surface area contributed by atoms with Crippen LogP contribution in [-0.4, -0.2) is 74.7 Å². The number of hydrogen-bond donors (Lipinski definition) is 1. The van der Waals surface area contributed by atoms with Gasteiger partial charge < -0.3 is 20.0 Å². The third-order valence-corrected chi connectivity index (χ3v) is 5.99. The van der Waals surface area contributed by atoms with Crippen molar-refractivity contribution in [1.82, 2.24) is 15.1 Å². The molecular weight excluding hydrogens is 334 g/mol. The summed E-state index contributed by atoms with van der Waals surface area (Å²) in [5, 5.41) is 3.51. The van der Waals surface area contributed by atoms with Gasteiger partial charge in [-0.2, -0.15) is 0 Å². The summed E-state index contributed by atoms with van der Waals surface area (Å²) in [5.74, 6) is 1.96. The van der Waals surface area contributed by atoms with Crippen LogP contribution in [0.4, 0.5) is 5.69 Å². The van der Waals surface area contributed by atoms with E-state index in [1.54, 1.807) is 0 Å². The molecule has 5 nitrogen and oxygen atoms in total. The van der Waals surface area contributed by atoms with Gasteiger partial charge in [-0.3, -0.25) is 4.99 Å². The quantitative estimate of drug-likeness (QED) is 0.616. The second-order valence-corrected chi connectivity index (χ2v) is 7.71. The van der Waals surface area contributed by atoms with Crippen molar-refractivity contribution in [3.05, 3.63) is 30.3 Å². The van der Waals surface area contributed by atoms with Crippen LogP contribution in [0.1, 0.15) is 33.1 Å². The summed E-state index contributed by atoms with van der Waals surface area (Å²) in [4.78, 5) is 12.4. The number of guanidine groups is 1. The van der Waals surface area contributed by atoms with Gasteiger partial charge in [0.05, 0.1) is 0 Å². The van der Waals surface area contributed by atoms with Crippen LogP contribution in [-0.2, 0) is 0 Å². The van der Waals surface area contributed by atoms with E-state index >= 15 is 0 Å². The highest BCUT2D eigenvalue weighted by molar-refractivity contribution is 5.80. The summed E-state index contributed by atoms with van der Waals surface area (Å²) in [5.41, 5.74) is 1.33. The van der Waals surface area contributed by atoms with Crippen LogP contribution in [0, 0.1) is 5.92 Å². The highest BCUT2D eigenvalue weighted by atomic mass is 15.3. The highest BCUT2D eigenvalue weighted by Gasteiger charge is 2.20. The first-order valence-corrected chi connectivity index (χ1v) is 10.9. The van der Waals surface area contributed by atoms with E-state index in [1.807, 2.05) is 0 Å². The van der Waals surface area contributed by atoms with Crippen LogP contribution in [0.2, 0.25) is 0 Å². The minimum atomic E-state index is 0.856. The molecule has 0 spiro atoms. The van der Waals surface area contributed by atoms with Crippen molar-refractivity contribution in [1.29, 1.82) is 0 Å². The van der Waals surface area contributed by atoms with Gasteiger partial charge in [-0.15, -0.1) is 0 Å². The van der Waals surface area contributed by atoms with Gasteiger partial charge in [0, 0.05) is 45.0 Å². The van der Waals surface area contributed by atoms with E-state index in [-0.39, 0.29) is 0 Å². The minimum absolute atomic E-state index is 0.856. The molecule has 0 saturated carbocycles. The number of anilines is 1. The van der Waals surface area contributed by atoms with E-state index in [0.717, 1.165) is 51.1 Å². The van der Waals surface area contributed by atoms with Crippen LogP contribution in [0.3, 0.4) is 0 Å². The van der Waals surface area contributed by atoms with E-state index < -0.39 is 0 Å². The van der Waals surface area contributed by atoms with Crippen molar-refractivity contribution >= 4 is 11.6 Å². The van der Waals surface area contributed by atoms with Crippen LogP contribution < -0.4 is 10.2 Å². The minimum Gasteiger partial charge on any atom is -0.368 e. The molecule has 0 amide bonds.